The zero-order valence-corrected chi connectivity index (χ0v) is 16.9. The van der Waals surface area contributed by atoms with Gasteiger partial charge >= 0.3 is 0 Å². The van der Waals surface area contributed by atoms with Crippen molar-refractivity contribution < 1.29 is 14.5 Å². The van der Waals surface area contributed by atoms with Crippen LogP contribution in [0, 0.1) is 16.0 Å². The first-order valence-corrected chi connectivity index (χ1v) is 10.1. The van der Waals surface area contributed by atoms with E-state index >= 15 is 0 Å². The lowest BCUT2D eigenvalue weighted by atomic mass is 9.92. The molecule has 0 saturated carbocycles. The van der Waals surface area contributed by atoms with Crippen LogP contribution in [0.2, 0.25) is 0 Å². The number of carbonyl (C=O) groups is 2. The van der Waals surface area contributed by atoms with E-state index in [2.05, 4.69) is 27.5 Å². The Hall–Kier alpha value is -3.76. The van der Waals surface area contributed by atoms with Gasteiger partial charge in [0.2, 0.25) is 17.8 Å². The van der Waals surface area contributed by atoms with Crippen LogP contribution in [-0.2, 0) is 9.59 Å². The van der Waals surface area contributed by atoms with Gasteiger partial charge in [0.15, 0.2) is 0 Å². The first kappa shape index (κ1) is 20.5. The van der Waals surface area contributed by atoms with Gasteiger partial charge in [0, 0.05) is 37.3 Å². The number of anilines is 3. The number of aromatic nitrogens is 2. The summed E-state index contributed by atoms with van der Waals surface area (Å²) in [4.78, 5) is 57.5. The Bertz CT molecular complexity index is 1110. The van der Waals surface area contributed by atoms with E-state index in [0.29, 0.717) is 11.9 Å². The van der Waals surface area contributed by atoms with E-state index in [1.54, 1.807) is 0 Å². The number of rotatable bonds is 4. The number of nitrogens with one attached hydrogen (secondary N) is 3. The first-order chi connectivity index (χ1) is 14.8. The molecule has 0 aliphatic carbocycles. The lowest BCUT2D eigenvalue weighted by Crippen LogP contribution is -2.39. The van der Waals surface area contributed by atoms with Gasteiger partial charge in [-0.25, -0.2) is 0 Å². The zero-order valence-electron chi connectivity index (χ0n) is 16.9. The highest BCUT2D eigenvalue weighted by molar-refractivity contribution is 6.04. The second kappa shape index (κ2) is 8.17. The Morgan fingerprint density at radius 2 is 2.03 bits per heavy atom. The number of hydrogen-bond donors (Lipinski definition) is 3. The number of H-pyrrole nitrogens is 1. The summed E-state index contributed by atoms with van der Waals surface area (Å²) < 4.78 is 0. The molecule has 1 atom stereocenters. The fourth-order valence-corrected chi connectivity index (χ4v) is 3.88. The number of benzene rings is 1. The second-order valence-electron chi connectivity index (χ2n) is 7.92. The second-order valence-corrected chi connectivity index (χ2v) is 7.92. The predicted molar refractivity (Wildman–Crippen MR) is 113 cm³/mol. The van der Waals surface area contributed by atoms with Gasteiger partial charge in [-0.3, -0.25) is 29.5 Å². The summed E-state index contributed by atoms with van der Waals surface area (Å²) in [5.41, 5.74) is -0.385. The van der Waals surface area contributed by atoms with Gasteiger partial charge in [-0.1, -0.05) is 13.0 Å². The minimum absolute atomic E-state index is 0.0767. The third-order valence-corrected chi connectivity index (χ3v) is 5.66. The van der Waals surface area contributed by atoms with Crippen LogP contribution >= 0.6 is 0 Å². The maximum atomic E-state index is 12.9. The third kappa shape index (κ3) is 4.25. The van der Waals surface area contributed by atoms with Gasteiger partial charge in [0.05, 0.1) is 16.4 Å². The molecule has 1 aromatic carbocycles. The molecule has 3 N–H and O–H groups in total. The van der Waals surface area contributed by atoms with Crippen LogP contribution in [0.5, 0.6) is 0 Å². The SMILES string of the molecule is CC1CCN(c2nc3c(c(=O)[nH]2)[C@@H](C(=O)Nc2cccc([N+](=O)[O-])c2)CC(=O)N3)CC1. The highest BCUT2D eigenvalue weighted by Crippen LogP contribution is 2.31. The molecule has 11 heteroatoms. The van der Waals surface area contributed by atoms with Crippen LogP contribution in [0.4, 0.5) is 23.1 Å². The number of non-ortho nitro benzene ring substituents is 1. The van der Waals surface area contributed by atoms with Crippen LogP contribution in [0.3, 0.4) is 0 Å². The Morgan fingerprint density at radius 3 is 2.74 bits per heavy atom. The molecule has 162 valence electrons. The van der Waals surface area contributed by atoms with Crippen molar-refractivity contribution >= 4 is 35.0 Å². The summed E-state index contributed by atoms with van der Waals surface area (Å²) in [7, 11) is 0. The fourth-order valence-electron chi connectivity index (χ4n) is 3.88. The average molecular weight is 426 g/mol. The number of aromatic amines is 1. The van der Waals surface area contributed by atoms with Gasteiger partial charge in [-0.2, -0.15) is 4.98 Å². The van der Waals surface area contributed by atoms with E-state index in [-0.39, 0.29) is 29.2 Å². The van der Waals surface area contributed by atoms with E-state index in [1.807, 2.05) is 4.90 Å². The molecule has 4 rings (SSSR count). The number of hydrogen-bond acceptors (Lipinski definition) is 7. The highest BCUT2D eigenvalue weighted by Gasteiger charge is 2.35. The molecule has 31 heavy (non-hydrogen) atoms. The summed E-state index contributed by atoms with van der Waals surface area (Å²) in [5.74, 6) is -1.05. The van der Waals surface area contributed by atoms with E-state index in [0.717, 1.165) is 25.9 Å². The molecule has 3 heterocycles. The van der Waals surface area contributed by atoms with Gasteiger partial charge in [0.1, 0.15) is 5.82 Å². The van der Waals surface area contributed by atoms with E-state index < -0.39 is 28.2 Å². The summed E-state index contributed by atoms with van der Waals surface area (Å²) in [6.45, 7) is 3.66. The summed E-state index contributed by atoms with van der Waals surface area (Å²) >= 11 is 0. The molecule has 2 aromatic rings. The van der Waals surface area contributed by atoms with Crippen molar-refractivity contribution in [2.24, 2.45) is 5.92 Å². The van der Waals surface area contributed by atoms with E-state index in [4.69, 9.17) is 0 Å². The quantitative estimate of drug-likeness (QED) is 0.499. The summed E-state index contributed by atoms with van der Waals surface area (Å²) in [6, 6.07) is 5.45. The summed E-state index contributed by atoms with van der Waals surface area (Å²) in [6.07, 6.45) is 1.72. The lowest BCUT2D eigenvalue weighted by Gasteiger charge is -2.31. The molecule has 0 unspecified atom stereocenters. The summed E-state index contributed by atoms with van der Waals surface area (Å²) in [5, 5.41) is 16.1. The molecule has 2 amide bonds. The lowest BCUT2D eigenvalue weighted by molar-refractivity contribution is -0.384. The third-order valence-electron chi connectivity index (χ3n) is 5.66. The van der Waals surface area contributed by atoms with E-state index in [1.165, 1.54) is 24.3 Å². The van der Waals surface area contributed by atoms with Gasteiger partial charge in [-0.15, -0.1) is 0 Å². The molecule has 0 bridgehead atoms. The van der Waals surface area contributed by atoms with Crippen molar-refractivity contribution in [3.63, 3.8) is 0 Å². The van der Waals surface area contributed by atoms with E-state index in [9.17, 15) is 24.5 Å². The molecule has 0 radical (unpaired) electrons. The Balaban J connectivity index is 1.62. The monoisotopic (exact) mass is 426 g/mol. The molecular weight excluding hydrogens is 404 g/mol. The molecule has 1 aromatic heterocycles. The highest BCUT2D eigenvalue weighted by atomic mass is 16.6. The number of nitrogens with zero attached hydrogens (tertiary/aromatic N) is 3. The minimum atomic E-state index is -1.06. The Kier molecular flexibility index (Phi) is 5.40. The van der Waals surface area contributed by atoms with Crippen molar-refractivity contribution in [3.8, 4) is 0 Å². The van der Waals surface area contributed by atoms with Crippen LogP contribution < -0.4 is 21.1 Å². The van der Waals surface area contributed by atoms with Gasteiger partial charge in [-0.05, 0) is 24.8 Å². The van der Waals surface area contributed by atoms with Crippen LogP contribution in [0.15, 0.2) is 29.1 Å². The number of carbonyl (C=O) groups excluding carboxylic acids is 2. The fraction of sp³-hybridized carbons (Fsp3) is 0.400. The number of amides is 2. The minimum Gasteiger partial charge on any atom is -0.342 e. The molecule has 2 aliphatic heterocycles. The maximum Gasteiger partial charge on any atom is 0.271 e. The van der Waals surface area contributed by atoms with Crippen LogP contribution in [0.25, 0.3) is 0 Å². The maximum absolute atomic E-state index is 12.9. The smallest absolute Gasteiger partial charge is 0.271 e. The number of nitro benzene ring substituents is 1. The van der Waals surface area contributed by atoms with Crippen molar-refractivity contribution in [1.29, 1.82) is 0 Å². The van der Waals surface area contributed by atoms with Crippen molar-refractivity contribution in [2.45, 2.75) is 32.1 Å². The largest absolute Gasteiger partial charge is 0.342 e. The standard InChI is InChI=1S/C20H22N6O5/c1-11-5-7-25(8-6-11)20-23-17-16(19(29)24-20)14(10-15(27)22-17)18(28)21-12-3-2-4-13(9-12)26(30)31/h2-4,9,11,14H,5-8,10H2,1H3,(H,21,28)(H2,22,23,24,27,29)/t14-/m0/s1. The average Bonchev–Trinajstić information content (AvgIpc) is 2.73. The number of fused-ring (bicyclic) bond motifs is 1. The van der Waals surface area contributed by atoms with Crippen LogP contribution in [0.1, 0.15) is 37.7 Å². The first-order valence-electron chi connectivity index (χ1n) is 10.1. The normalized spacial score (nSPS) is 18.8. The predicted octanol–water partition coefficient (Wildman–Crippen LogP) is 1.98. The topological polar surface area (TPSA) is 150 Å². The number of nitro groups is 1. The number of piperidine rings is 1. The molecule has 11 nitrogen and oxygen atoms in total. The Labute approximate surface area is 177 Å². The van der Waals surface area contributed by atoms with Gasteiger partial charge < -0.3 is 15.5 Å². The van der Waals surface area contributed by atoms with Crippen molar-refractivity contribution in [3.05, 3.63) is 50.3 Å². The molecule has 1 saturated heterocycles. The molecule has 0 spiro atoms. The Morgan fingerprint density at radius 1 is 1.29 bits per heavy atom. The molecule has 1 fully saturated rings. The van der Waals surface area contributed by atoms with Crippen molar-refractivity contribution in [2.75, 3.05) is 28.6 Å². The van der Waals surface area contributed by atoms with Crippen molar-refractivity contribution in [1.82, 2.24) is 9.97 Å². The van der Waals surface area contributed by atoms with Gasteiger partial charge in [0.25, 0.3) is 11.2 Å². The van der Waals surface area contributed by atoms with Crippen LogP contribution in [-0.4, -0.2) is 39.8 Å². The zero-order chi connectivity index (χ0) is 22.1. The molecular formula is C20H22N6O5. The molecule has 2 aliphatic rings.